The largest absolute Gasteiger partial charge is 0.461 e. The number of hydrogen-bond acceptors (Lipinski definition) is 6. The minimum absolute atomic E-state index is 0.0128. The zero-order chi connectivity index (χ0) is 37.7. The van der Waals surface area contributed by atoms with Crippen molar-refractivity contribution < 1.29 is 33.8 Å². The Hall–Kier alpha value is -1.70. The molecule has 0 bridgehead atoms. The Morgan fingerprint density at radius 1 is 0.549 bits per heavy atom. The highest BCUT2D eigenvalue weighted by Gasteiger charge is 2.28. The number of ether oxygens (including phenoxy) is 2. The van der Waals surface area contributed by atoms with Crippen LogP contribution in [0.3, 0.4) is 0 Å². The summed E-state index contributed by atoms with van der Waals surface area (Å²) >= 11 is 0. The summed E-state index contributed by atoms with van der Waals surface area (Å²) in [5, 5.41) is 19.3. The molecule has 300 valence electrons. The van der Waals surface area contributed by atoms with Crippen molar-refractivity contribution in [3.8, 4) is 0 Å². The zero-order valence-corrected chi connectivity index (χ0v) is 34.1. The molecule has 0 fully saturated rings. The number of likely N-dealkylation sites (N-methyl/N-ethyl adjacent to an activating group) is 1. The maximum absolute atomic E-state index is 12.8. The second-order valence-electron chi connectivity index (χ2n) is 15.6. The van der Waals surface area contributed by atoms with E-state index in [9.17, 15) is 19.8 Å². The second-order valence-corrected chi connectivity index (χ2v) is 15.6. The molecule has 0 aromatic rings. The predicted molar refractivity (Wildman–Crippen MR) is 215 cm³/mol. The van der Waals surface area contributed by atoms with Gasteiger partial charge in [-0.2, -0.15) is 0 Å². The number of rotatable bonds is 38. The number of esters is 2. The molecule has 7 nitrogen and oxygen atoms in total. The van der Waals surface area contributed by atoms with Crippen molar-refractivity contribution in [1.29, 1.82) is 0 Å². The van der Waals surface area contributed by atoms with Crippen molar-refractivity contribution in [1.82, 2.24) is 0 Å². The number of carbonyl (C=O) groups is 2. The van der Waals surface area contributed by atoms with Crippen molar-refractivity contribution >= 4 is 11.9 Å². The summed E-state index contributed by atoms with van der Waals surface area (Å²) in [6.45, 7) is 4.89. The number of quaternary nitrogens is 1. The van der Waals surface area contributed by atoms with Crippen LogP contribution in [0.2, 0.25) is 0 Å². The molecule has 0 aromatic carbocycles. The average Bonchev–Trinajstić information content (AvgIpc) is 3.10. The number of carbonyl (C=O) groups excluding carboxylic acids is 2. The van der Waals surface area contributed by atoms with Gasteiger partial charge in [-0.3, -0.25) is 9.59 Å². The van der Waals surface area contributed by atoms with Gasteiger partial charge in [-0.05, 0) is 64.2 Å². The number of hydrogen-bond donors (Lipinski definition) is 2. The summed E-state index contributed by atoms with van der Waals surface area (Å²) in [6.07, 6.45) is 40.0. The molecule has 0 radical (unpaired) electrons. The van der Waals surface area contributed by atoms with E-state index in [1.165, 1.54) is 116 Å². The number of aliphatic hydroxyl groups is 2. The van der Waals surface area contributed by atoms with Crippen molar-refractivity contribution in [3.05, 3.63) is 24.3 Å². The number of allylic oxidation sites excluding steroid dienone is 4. The molecule has 0 saturated heterocycles. The summed E-state index contributed by atoms with van der Waals surface area (Å²) < 4.78 is 11.7. The molecule has 2 N–H and O–H groups in total. The van der Waals surface area contributed by atoms with Crippen LogP contribution in [0.4, 0.5) is 0 Å². The maximum atomic E-state index is 12.8. The van der Waals surface area contributed by atoms with E-state index < -0.39 is 12.2 Å². The van der Waals surface area contributed by atoms with Crippen LogP contribution in [-0.4, -0.2) is 79.2 Å². The standard InChI is InChI=1S/C44H84NO6/c1-5-7-9-11-13-15-17-19-21-23-25-27-29-31-33-35-43(48)50-40-42(38-45(3,4)37-41(47)39-46)51-44(49)36-34-32-30-28-26-24-22-20-18-16-14-12-10-8-6-2/h19-22,41-42,46-47H,5-18,23-40H2,1-4H3/q+1/b21-19-,22-20-/t41?,42-/m0/s1. The van der Waals surface area contributed by atoms with Gasteiger partial charge >= 0.3 is 11.9 Å². The Morgan fingerprint density at radius 2 is 0.922 bits per heavy atom. The molecular formula is C44H84NO6+. The highest BCUT2D eigenvalue weighted by Crippen LogP contribution is 2.14. The van der Waals surface area contributed by atoms with Crippen LogP contribution in [0, 0.1) is 0 Å². The fraction of sp³-hybridized carbons (Fsp3) is 0.864. The Bertz CT molecular complexity index is 841. The predicted octanol–water partition coefficient (Wildman–Crippen LogP) is 10.9. The van der Waals surface area contributed by atoms with Gasteiger partial charge in [0.15, 0.2) is 6.10 Å². The monoisotopic (exact) mass is 723 g/mol. The lowest BCUT2D eigenvalue weighted by molar-refractivity contribution is -0.896. The molecule has 0 aliphatic carbocycles. The SMILES string of the molecule is CCCCCCCC/C=C\CCCCCCCC(=O)OC[C@H](C[N+](C)(C)CC(O)CO)OC(=O)CCCCCCC/C=C\CCCCCCCC. The number of nitrogens with zero attached hydrogens (tertiary/aromatic N) is 1. The van der Waals surface area contributed by atoms with Crippen LogP contribution >= 0.6 is 0 Å². The van der Waals surface area contributed by atoms with Gasteiger partial charge in [0.05, 0.1) is 20.7 Å². The summed E-state index contributed by atoms with van der Waals surface area (Å²) in [5.41, 5.74) is 0. The van der Waals surface area contributed by atoms with Gasteiger partial charge < -0.3 is 24.2 Å². The molecule has 0 rings (SSSR count). The molecule has 1 unspecified atom stereocenters. The molecule has 0 aromatic heterocycles. The van der Waals surface area contributed by atoms with Crippen LogP contribution in [0.5, 0.6) is 0 Å². The van der Waals surface area contributed by atoms with Crippen molar-refractivity contribution in [2.75, 3.05) is 40.4 Å². The van der Waals surface area contributed by atoms with E-state index in [-0.39, 0.29) is 25.2 Å². The highest BCUT2D eigenvalue weighted by atomic mass is 16.6. The fourth-order valence-corrected chi connectivity index (χ4v) is 6.56. The van der Waals surface area contributed by atoms with E-state index in [2.05, 4.69) is 38.2 Å². The molecule has 51 heavy (non-hydrogen) atoms. The minimum Gasteiger partial charge on any atom is -0.461 e. The Kier molecular flexibility index (Phi) is 35.4. The smallest absolute Gasteiger partial charge is 0.306 e. The second kappa shape index (κ2) is 36.6. The third-order valence-electron chi connectivity index (χ3n) is 9.63. The first-order chi connectivity index (χ1) is 24.7. The normalized spacial score (nSPS) is 13.3. The molecule has 7 heteroatoms. The summed E-state index contributed by atoms with van der Waals surface area (Å²) in [7, 11) is 3.83. The topological polar surface area (TPSA) is 93.1 Å². The van der Waals surface area contributed by atoms with Gasteiger partial charge in [-0.15, -0.1) is 0 Å². The third-order valence-corrected chi connectivity index (χ3v) is 9.63. The van der Waals surface area contributed by atoms with Gasteiger partial charge in [0.2, 0.25) is 0 Å². The molecule has 2 atom stereocenters. The lowest BCUT2D eigenvalue weighted by atomic mass is 10.1. The first kappa shape index (κ1) is 49.3. The quantitative estimate of drug-likeness (QED) is 0.0285. The van der Waals surface area contributed by atoms with Gasteiger partial charge in [0.1, 0.15) is 25.8 Å². The van der Waals surface area contributed by atoms with Crippen LogP contribution in [0.25, 0.3) is 0 Å². The van der Waals surface area contributed by atoms with Gasteiger partial charge in [0, 0.05) is 12.8 Å². The van der Waals surface area contributed by atoms with Gasteiger partial charge in [0.25, 0.3) is 0 Å². The van der Waals surface area contributed by atoms with E-state index in [1.54, 1.807) is 0 Å². The van der Waals surface area contributed by atoms with Gasteiger partial charge in [-0.1, -0.05) is 141 Å². The number of unbranched alkanes of at least 4 members (excludes halogenated alkanes) is 22. The van der Waals surface area contributed by atoms with Crippen molar-refractivity contribution in [3.63, 3.8) is 0 Å². The van der Waals surface area contributed by atoms with E-state index in [0.29, 0.717) is 30.4 Å². The lowest BCUT2D eigenvalue weighted by Gasteiger charge is -2.34. The molecule has 0 heterocycles. The third kappa shape index (κ3) is 36.4. The lowest BCUT2D eigenvalue weighted by Crippen LogP contribution is -2.52. The van der Waals surface area contributed by atoms with Crippen LogP contribution < -0.4 is 0 Å². The zero-order valence-electron chi connectivity index (χ0n) is 34.1. The Labute approximate surface area is 315 Å². The molecule has 0 aliphatic heterocycles. The van der Waals surface area contributed by atoms with Crippen LogP contribution in [0.1, 0.15) is 194 Å². The van der Waals surface area contributed by atoms with Crippen molar-refractivity contribution in [2.24, 2.45) is 0 Å². The molecule has 0 saturated carbocycles. The molecular weight excluding hydrogens is 638 g/mol. The maximum Gasteiger partial charge on any atom is 0.306 e. The summed E-state index contributed by atoms with van der Waals surface area (Å²) in [5.74, 6) is -0.528. The van der Waals surface area contributed by atoms with E-state index in [4.69, 9.17) is 9.47 Å². The molecule has 0 amide bonds. The highest BCUT2D eigenvalue weighted by molar-refractivity contribution is 5.70. The van der Waals surface area contributed by atoms with E-state index in [1.807, 2.05) is 14.1 Å². The Morgan fingerprint density at radius 3 is 1.33 bits per heavy atom. The van der Waals surface area contributed by atoms with Crippen LogP contribution in [-0.2, 0) is 19.1 Å². The fourth-order valence-electron chi connectivity index (χ4n) is 6.56. The van der Waals surface area contributed by atoms with E-state index in [0.717, 1.165) is 51.4 Å². The molecule has 0 spiro atoms. The number of aliphatic hydroxyl groups excluding tert-OH is 2. The van der Waals surface area contributed by atoms with E-state index >= 15 is 0 Å². The first-order valence-electron chi connectivity index (χ1n) is 21.5. The first-order valence-corrected chi connectivity index (χ1v) is 21.5. The molecule has 0 aliphatic rings. The summed E-state index contributed by atoms with van der Waals surface area (Å²) in [6, 6.07) is 0. The van der Waals surface area contributed by atoms with Gasteiger partial charge in [-0.25, -0.2) is 0 Å². The Balaban J connectivity index is 4.24. The average molecular weight is 723 g/mol. The summed E-state index contributed by atoms with van der Waals surface area (Å²) in [4.78, 5) is 25.3. The van der Waals surface area contributed by atoms with Crippen LogP contribution in [0.15, 0.2) is 24.3 Å². The minimum atomic E-state index is -0.865. The van der Waals surface area contributed by atoms with Crippen molar-refractivity contribution in [2.45, 2.75) is 206 Å².